The molecule has 0 spiro atoms. The first kappa shape index (κ1) is 19.1. The van der Waals surface area contributed by atoms with Crippen LogP contribution < -0.4 is 0 Å². The van der Waals surface area contributed by atoms with E-state index < -0.39 is 0 Å². The van der Waals surface area contributed by atoms with Gasteiger partial charge in [0.05, 0.1) is 11.1 Å². The summed E-state index contributed by atoms with van der Waals surface area (Å²) in [4.78, 5) is 0. The van der Waals surface area contributed by atoms with E-state index in [1.165, 1.54) is 22.7 Å². The Balaban J connectivity index is 0.000000173. The van der Waals surface area contributed by atoms with Crippen molar-refractivity contribution in [2.24, 2.45) is 0 Å². The number of aromatic hydroxyl groups is 2. The van der Waals surface area contributed by atoms with Crippen LogP contribution >= 0.6 is 22.7 Å². The van der Waals surface area contributed by atoms with Gasteiger partial charge in [-0.2, -0.15) is 0 Å². The normalized spacial score (nSPS) is 9.60. The number of phenols is 2. The molecule has 4 rings (SSSR count). The molecule has 0 fully saturated rings. The third-order valence-electron chi connectivity index (χ3n) is 2.99. The third-order valence-corrected chi connectivity index (χ3v) is 4.44. The zero-order valence-corrected chi connectivity index (χ0v) is 17.6. The maximum Gasteiger partial charge on any atom is 0.151 e. The first-order valence-electron chi connectivity index (χ1n) is 6.85. The Hall–Kier alpha value is -2.22. The molecule has 25 heavy (non-hydrogen) atoms. The molecule has 0 atom stereocenters. The predicted octanol–water partition coefficient (Wildman–Crippen LogP) is 3.82. The Kier molecular flexibility index (Phi) is 7.12. The summed E-state index contributed by atoms with van der Waals surface area (Å²) < 4.78 is 0. The second-order valence-corrected chi connectivity index (χ2v) is 6.19. The summed E-state index contributed by atoms with van der Waals surface area (Å²) in [6.45, 7) is 0. The molecule has 0 bridgehead atoms. The first-order chi connectivity index (χ1) is 11.8. The fraction of sp³-hybridized carbons (Fsp3) is 0. The molecule has 0 saturated heterocycles. The van der Waals surface area contributed by atoms with E-state index in [4.69, 9.17) is 0 Å². The number of hydrogen-bond acceptors (Lipinski definition) is 8. The van der Waals surface area contributed by atoms with Crippen molar-refractivity contribution in [3.8, 4) is 32.6 Å². The number of benzene rings is 2. The van der Waals surface area contributed by atoms with E-state index in [0.717, 1.165) is 21.1 Å². The van der Waals surface area contributed by atoms with E-state index in [1.807, 2.05) is 24.3 Å². The second kappa shape index (κ2) is 9.31. The maximum atomic E-state index is 9.42. The summed E-state index contributed by atoms with van der Waals surface area (Å²) in [6, 6.07) is 14.2. The fourth-order valence-electron chi connectivity index (χ4n) is 1.89. The molecule has 0 radical (unpaired) electrons. The fourth-order valence-corrected chi connectivity index (χ4v) is 3.07. The van der Waals surface area contributed by atoms with Crippen molar-refractivity contribution < 1.29 is 29.7 Å². The van der Waals surface area contributed by atoms with Crippen molar-refractivity contribution in [2.75, 3.05) is 0 Å². The van der Waals surface area contributed by atoms with Crippen molar-refractivity contribution in [3.05, 3.63) is 59.6 Å². The van der Waals surface area contributed by atoms with Crippen LogP contribution in [0.4, 0.5) is 0 Å². The standard InChI is InChI=1S/2C8H6N2OS.Zn/c2*11-7-4-2-1-3-6(7)8-10-9-5-12-8;/h2*1-5,11H;. The molecular formula is C16H12N4O2S2Zn. The Morgan fingerprint density at radius 1 is 0.640 bits per heavy atom. The van der Waals surface area contributed by atoms with Crippen LogP contribution in [0, 0.1) is 0 Å². The molecule has 0 saturated carbocycles. The number of rotatable bonds is 2. The van der Waals surface area contributed by atoms with Gasteiger partial charge in [-0.15, -0.1) is 20.4 Å². The van der Waals surface area contributed by atoms with Gasteiger partial charge in [-0.1, -0.05) is 46.9 Å². The number of aromatic nitrogens is 4. The molecule has 122 valence electrons. The SMILES string of the molecule is Oc1ccccc1-c1nncs1.Oc1ccccc1-c1nncs1.[Zn]. The van der Waals surface area contributed by atoms with Gasteiger partial charge in [0.25, 0.3) is 0 Å². The van der Waals surface area contributed by atoms with Gasteiger partial charge in [-0.05, 0) is 24.3 Å². The Morgan fingerprint density at radius 3 is 1.36 bits per heavy atom. The number of nitrogens with zero attached hydrogens (tertiary/aromatic N) is 4. The van der Waals surface area contributed by atoms with Crippen LogP contribution in [0.1, 0.15) is 0 Å². The minimum atomic E-state index is 0. The summed E-state index contributed by atoms with van der Waals surface area (Å²) in [7, 11) is 0. The zero-order valence-electron chi connectivity index (χ0n) is 13.0. The summed E-state index contributed by atoms with van der Waals surface area (Å²) in [5.41, 5.74) is 4.75. The van der Waals surface area contributed by atoms with Gasteiger partial charge in [0, 0.05) is 19.5 Å². The summed E-state index contributed by atoms with van der Waals surface area (Å²) >= 11 is 2.82. The quantitative estimate of drug-likeness (QED) is 0.478. The van der Waals surface area contributed by atoms with Gasteiger partial charge in [-0.3, -0.25) is 0 Å². The van der Waals surface area contributed by atoms with E-state index in [9.17, 15) is 10.2 Å². The molecule has 2 aromatic carbocycles. The Bertz CT molecular complexity index is 826. The molecule has 0 aliphatic rings. The van der Waals surface area contributed by atoms with E-state index in [1.54, 1.807) is 35.3 Å². The van der Waals surface area contributed by atoms with Crippen LogP contribution in [-0.2, 0) is 19.5 Å². The van der Waals surface area contributed by atoms with Crippen LogP contribution in [0.15, 0.2) is 59.6 Å². The van der Waals surface area contributed by atoms with E-state index in [0.29, 0.717) is 0 Å². The molecule has 9 heteroatoms. The minimum Gasteiger partial charge on any atom is -0.507 e. The van der Waals surface area contributed by atoms with Crippen molar-refractivity contribution in [3.63, 3.8) is 0 Å². The molecule has 6 nitrogen and oxygen atoms in total. The molecule has 2 heterocycles. The van der Waals surface area contributed by atoms with Gasteiger partial charge in [0.2, 0.25) is 0 Å². The topological polar surface area (TPSA) is 92.0 Å². The minimum absolute atomic E-state index is 0. The van der Waals surface area contributed by atoms with Gasteiger partial charge >= 0.3 is 0 Å². The van der Waals surface area contributed by atoms with Crippen LogP contribution in [0.5, 0.6) is 11.5 Å². The Labute approximate surface area is 164 Å². The molecule has 2 N–H and O–H groups in total. The third kappa shape index (κ3) is 4.88. The van der Waals surface area contributed by atoms with Gasteiger partial charge in [0.1, 0.15) is 22.5 Å². The second-order valence-electron chi connectivity index (χ2n) is 4.52. The van der Waals surface area contributed by atoms with Crippen molar-refractivity contribution in [2.45, 2.75) is 0 Å². The van der Waals surface area contributed by atoms with Crippen molar-refractivity contribution in [1.82, 2.24) is 20.4 Å². The van der Waals surface area contributed by atoms with E-state index in [-0.39, 0.29) is 31.0 Å². The maximum absolute atomic E-state index is 9.42. The number of phenolic OH excluding ortho intramolecular Hbond substituents is 2. The van der Waals surface area contributed by atoms with Gasteiger partial charge in [-0.25, -0.2) is 0 Å². The first-order valence-corrected chi connectivity index (χ1v) is 8.60. The molecule has 4 aromatic rings. The predicted molar refractivity (Wildman–Crippen MR) is 94.0 cm³/mol. The van der Waals surface area contributed by atoms with E-state index in [2.05, 4.69) is 20.4 Å². The number of hydrogen-bond donors (Lipinski definition) is 2. The van der Waals surface area contributed by atoms with Crippen molar-refractivity contribution >= 4 is 22.7 Å². The van der Waals surface area contributed by atoms with Crippen LogP contribution in [0.25, 0.3) is 21.1 Å². The zero-order chi connectivity index (χ0) is 16.8. The molecule has 0 aliphatic carbocycles. The molecule has 0 amide bonds. The number of para-hydroxylation sites is 2. The van der Waals surface area contributed by atoms with Gasteiger partial charge in [0.15, 0.2) is 10.0 Å². The van der Waals surface area contributed by atoms with Crippen molar-refractivity contribution in [1.29, 1.82) is 0 Å². The summed E-state index contributed by atoms with van der Waals surface area (Å²) in [5, 5.41) is 35.4. The van der Waals surface area contributed by atoms with Crippen LogP contribution in [0.3, 0.4) is 0 Å². The molecule has 0 aliphatic heterocycles. The Morgan fingerprint density at radius 2 is 1.04 bits per heavy atom. The smallest absolute Gasteiger partial charge is 0.151 e. The largest absolute Gasteiger partial charge is 0.507 e. The monoisotopic (exact) mass is 420 g/mol. The molecular weight excluding hydrogens is 410 g/mol. The molecule has 0 unspecified atom stereocenters. The van der Waals surface area contributed by atoms with Crippen LogP contribution in [-0.4, -0.2) is 30.6 Å². The summed E-state index contributed by atoms with van der Waals surface area (Å²) in [6.07, 6.45) is 0. The van der Waals surface area contributed by atoms with Gasteiger partial charge < -0.3 is 10.2 Å². The average molecular weight is 422 g/mol. The summed E-state index contributed by atoms with van der Waals surface area (Å²) in [5.74, 6) is 0.489. The van der Waals surface area contributed by atoms with E-state index >= 15 is 0 Å². The van der Waals surface area contributed by atoms with Crippen LogP contribution in [0.2, 0.25) is 0 Å². The average Bonchev–Trinajstić information content (AvgIpc) is 3.30. The molecule has 2 aromatic heterocycles.